The predicted molar refractivity (Wildman–Crippen MR) is 101 cm³/mol. The number of nitrogens with one attached hydrogen (secondary N) is 1. The zero-order valence-corrected chi connectivity index (χ0v) is 14.1. The van der Waals surface area contributed by atoms with E-state index in [9.17, 15) is 4.79 Å². The van der Waals surface area contributed by atoms with Crippen LogP contribution in [0.1, 0.15) is 21.5 Å². The van der Waals surface area contributed by atoms with Gasteiger partial charge in [0, 0.05) is 11.3 Å². The van der Waals surface area contributed by atoms with E-state index >= 15 is 0 Å². The van der Waals surface area contributed by atoms with E-state index in [-0.39, 0.29) is 5.91 Å². The van der Waals surface area contributed by atoms with E-state index in [1.54, 1.807) is 12.1 Å². The molecule has 4 nitrogen and oxygen atoms in total. The van der Waals surface area contributed by atoms with Crippen molar-refractivity contribution in [2.24, 2.45) is 0 Å². The van der Waals surface area contributed by atoms with E-state index in [1.165, 1.54) is 0 Å². The number of carbonyl (C=O) groups is 1. The number of benzene rings is 3. The molecule has 0 atom stereocenters. The molecule has 4 rings (SSSR count). The van der Waals surface area contributed by atoms with Crippen molar-refractivity contribution in [1.82, 2.24) is 9.97 Å². The summed E-state index contributed by atoms with van der Waals surface area (Å²) in [5, 5.41) is 2.95. The number of aromatic nitrogens is 2. The summed E-state index contributed by atoms with van der Waals surface area (Å²) in [6, 6.07) is 19.1. The molecule has 1 heterocycles. The average Bonchev–Trinajstić information content (AvgIpc) is 2.58. The Morgan fingerprint density at radius 3 is 2.04 bits per heavy atom. The molecule has 3 aromatic carbocycles. The number of amides is 1. The summed E-state index contributed by atoms with van der Waals surface area (Å²) >= 11 is 0. The zero-order chi connectivity index (χ0) is 17.4. The van der Waals surface area contributed by atoms with Crippen LogP contribution in [0.5, 0.6) is 0 Å². The van der Waals surface area contributed by atoms with Crippen molar-refractivity contribution in [2.75, 3.05) is 5.32 Å². The molecule has 4 aromatic rings. The van der Waals surface area contributed by atoms with Gasteiger partial charge in [-0.2, -0.15) is 0 Å². The van der Waals surface area contributed by atoms with E-state index in [2.05, 4.69) is 21.4 Å². The first-order chi connectivity index (χ1) is 12.1. The molecule has 0 saturated heterocycles. The molecule has 25 heavy (non-hydrogen) atoms. The minimum atomic E-state index is -0.151. The van der Waals surface area contributed by atoms with Gasteiger partial charge in [-0.25, -0.2) is 9.97 Å². The van der Waals surface area contributed by atoms with Gasteiger partial charge in [-0.15, -0.1) is 0 Å². The van der Waals surface area contributed by atoms with E-state index in [0.29, 0.717) is 11.1 Å². The summed E-state index contributed by atoms with van der Waals surface area (Å²) in [7, 11) is 0. The first-order valence-corrected chi connectivity index (χ1v) is 8.15. The first-order valence-electron chi connectivity index (χ1n) is 8.15. The number of anilines is 1. The Hall–Kier alpha value is -3.27. The normalized spacial score (nSPS) is 11.0. The maximum absolute atomic E-state index is 12.6. The summed E-state index contributed by atoms with van der Waals surface area (Å²) in [5.74, 6) is -0.151. The third kappa shape index (κ3) is 3.06. The second-order valence-electron chi connectivity index (χ2n) is 6.25. The highest BCUT2D eigenvalue weighted by Crippen LogP contribution is 2.19. The molecule has 0 aliphatic rings. The second-order valence-corrected chi connectivity index (χ2v) is 6.25. The summed E-state index contributed by atoms with van der Waals surface area (Å²) in [6.07, 6.45) is 0. The summed E-state index contributed by atoms with van der Waals surface area (Å²) in [5.41, 5.74) is 6.76. The van der Waals surface area contributed by atoms with Gasteiger partial charge in [0.15, 0.2) is 0 Å². The van der Waals surface area contributed by atoms with E-state index in [4.69, 9.17) is 0 Å². The van der Waals surface area contributed by atoms with Gasteiger partial charge >= 0.3 is 0 Å². The molecule has 0 fully saturated rings. The molecule has 1 amide bonds. The van der Waals surface area contributed by atoms with Gasteiger partial charge in [-0.1, -0.05) is 18.2 Å². The number of rotatable bonds is 2. The Balaban J connectivity index is 1.70. The fourth-order valence-electron chi connectivity index (χ4n) is 3.01. The van der Waals surface area contributed by atoms with Gasteiger partial charge < -0.3 is 5.32 Å². The van der Waals surface area contributed by atoms with Gasteiger partial charge in [-0.3, -0.25) is 4.79 Å². The largest absolute Gasteiger partial charge is 0.322 e. The molecule has 4 heteroatoms. The van der Waals surface area contributed by atoms with Crippen LogP contribution in [0.25, 0.3) is 22.1 Å². The summed E-state index contributed by atoms with van der Waals surface area (Å²) < 4.78 is 0. The Bertz CT molecular complexity index is 1100. The van der Waals surface area contributed by atoms with Crippen molar-refractivity contribution >= 4 is 33.7 Å². The maximum atomic E-state index is 12.6. The van der Waals surface area contributed by atoms with Crippen LogP contribution < -0.4 is 5.32 Å². The van der Waals surface area contributed by atoms with Crippen molar-refractivity contribution in [3.05, 3.63) is 77.4 Å². The number of hydrogen-bond donors (Lipinski definition) is 1. The van der Waals surface area contributed by atoms with Crippen LogP contribution in [0.4, 0.5) is 5.69 Å². The molecule has 0 spiro atoms. The fraction of sp³-hybridized carbons (Fsp3) is 0.0952. The fourth-order valence-corrected chi connectivity index (χ4v) is 3.01. The smallest absolute Gasteiger partial charge is 0.255 e. The van der Waals surface area contributed by atoms with Gasteiger partial charge in [-0.05, 0) is 67.4 Å². The number of hydrogen-bond acceptors (Lipinski definition) is 3. The third-order valence-electron chi connectivity index (χ3n) is 4.08. The average molecular weight is 327 g/mol. The third-order valence-corrected chi connectivity index (χ3v) is 4.08. The number of nitrogens with zero attached hydrogens (tertiary/aromatic N) is 2. The van der Waals surface area contributed by atoms with Crippen molar-refractivity contribution < 1.29 is 4.79 Å². The van der Waals surface area contributed by atoms with Crippen LogP contribution >= 0.6 is 0 Å². The maximum Gasteiger partial charge on any atom is 0.255 e. The number of aryl methyl sites for hydroxylation is 2. The number of carbonyl (C=O) groups excluding carboxylic acids is 1. The Kier molecular flexibility index (Phi) is 3.65. The molecule has 122 valence electrons. The Morgan fingerprint density at radius 2 is 1.36 bits per heavy atom. The lowest BCUT2D eigenvalue weighted by Gasteiger charge is -2.08. The molecule has 0 bridgehead atoms. The molecule has 1 N–H and O–H groups in total. The van der Waals surface area contributed by atoms with Gasteiger partial charge in [0.05, 0.1) is 22.1 Å². The van der Waals surface area contributed by atoms with Gasteiger partial charge in [0.25, 0.3) is 5.91 Å². The van der Waals surface area contributed by atoms with Crippen molar-refractivity contribution in [3.63, 3.8) is 0 Å². The van der Waals surface area contributed by atoms with Crippen LogP contribution in [0.15, 0.2) is 60.7 Å². The molecular weight excluding hydrogens is 310 g/mol. The predicted octanol–water partition coefficient (Wildman–Crippen LogP) is 4.65. The molecule has 0 aliphatic heterocycles. The first kappa shape index (κ1) is 15.3. The molecule has 0 saturated carbocycles. The van der Waals surface area contributed by atoms with Crippen molar-refractivity contribution in [1.29, 1.82) is 0 Å². The zero-order valence-electron chi connectivity index (χ0n) is 14.1. The monoisotopic (exact) mass is 327 g/mol. The van der Waals surface area contributed by atoms with Crippen LogP contribution in [-0.4, -0.2) is 15.9 Å². The molecule has 1 aromatic heterocycles. The Labute approximate surface area is 145 Å². The van der Waals surface area contributed by atoms with E-state index in [0.717, 1.165) is 33.4 Å². The highest BCUT2D eigenvalue weighted by molar-refractivity contribution is 6.06. The van der Waals surface area contributed by atoms with E-state index in [1.807, 2.05) is 56.3 Å². The summed E-state index contributed by atoms with van der Waals surface area (Å²) in [4.78, 5) is 21.8. The lowest BCUT2D eigenvalue weighted by Crippen LogP contribution is -2.12. The highest BCUT2D eigenvalue weighted by Gasteiger charge is 2.09. The molecule has 0 radical (unpaired) electrons. The lowest BCUT2D eigenvalue weighted by molar-refractivity contribution is 0.102. The van der Waals surface area contributed by atoms with Crippen molar-refractivity contribution in [2.45, 2.75) is 13.8 Å². The SMILES string of the molecule is Cc1cc(C)cc(NC(=O)c2ccc3nc4ccccc4nc3c2)c1. The molecular formula is C21H17N3O. The van der Waals surface area contributed by atoms with Crippen LogP contribution in [0.3, 0.4) is 0 Å². The minimum Gasteiger partial charge on any atom is -0.322 e. The van der Waals surface area contributed by atoms with E-state index < -0.39 is 0 Å². The van der Waals surface area contributed by atoms with Crippen LogP contribution in [0.2, 0.25) is 0 Å². The minimum absolute atomic E-state index is 0.151. The summed E-state index contributed by atoms with van der Waals surface area (Å²) in [6.45, 7) is 4.03. The number of fused-ring (bicyclic) bond motifs is 2. The molecule has 0 aliphatic carbocycles. The van der Waals surface area contributed by atoms with Gasteiger partial charge in [0.1, 0.15) is 0 Å². The standard InChI is InChI=1S/C21H17N3O/c1-13-9-14(2)11-16(10-13)22-21(25)15-7-8-19-20(12-15)24-18-6-4-3-5-17(18)23-19/h3-12H,1-2H3,(H,22,25). The highest BCUT2D eigenvalue weighted by atomic mass is 16.1. The van der Waals surface area contributed by atoms with Crippen molar-refractivity contribution in [3.8, 4) is 0 Å². The molecule has 0 unspecified atom stereocenters. The topological polar surface area (TPSA) is 54.9 Å². The quantitative estimate of drug-likeness (QED) is 0.545. The second kappa shape index (κ2) is 5.98. The number of para-hydroxylation sites is 2. The van der Waals surface area contributed by atoms with Crippen LogP contribution in [0, 0.1) is 13.8 Å². The Morgan fingerprint density at radius 1 is 0.760 bits per heavy atom. The van der Waals surface area contributed by atoms with Crippen LogP contribution in [-0.2, 0) is 0 Å². The van der Waals surface area contributed by atoms with Gasteiger partial charge in [0.2, 0.25) is 0 Å². The lowest BCUT2D eigenvalue weighted by atomic mass is 10.1.